The summed E-state index contributed by atoms with van der Waals surface area (Å²) in [5, 5.41) is 35.6. The van der Waals surface area contributed by atoms with Crippen LogP contribution in [0.1, 0.15) is 57.9 Å². The van der Waals surface area contributed by atoms with Crippen molar-refractivity contribution in [3.05, 3.63) is 29.8 Å². The third-order valence-corrected chi connectivity index (χ3v) is 5.92. The predicted molar refractivity (Wildman–Crippen MR) is 142 cm³/mol. The van der Waals surface area contributed by atoms with Crippen LogP contribution in [0, 0.1) is 5.92 Å². The minimum Gasteiger partial charge on any atom is -0.508 e. The van der Waals surface area contributed by atoms with Crippen LogP contribution >= 0.6 is 0 Å². The van der Waals surface area contributed by atoms with Gasteiger partial charge in [0.2, 0.25) is 17.7 Å². The fraction of sp³-hybridized carbons (Fsp3) is 0.577. The van der Waals surface area contributed by atoms with Crippen LogP contribution in [-0.2, 0) is 30.4 Å². The lowest BCUT2D eigenvalue weighted by Gasteiger charge is -2.25. The summed E-state index contributed by atoms with van der Waals surface area (Å²) < 4.78 is 0. The first kappa shape index (κ1) is 33.3. The maximum atomic E-state index is 13.3. The van der Waals surface area contributed by atoms with E-state index in [1.54, 1.807) is 26.0 Å². The third kappa shape index (κ3) is 13.1. The number of carbonyl (C=O) groups is 5. The molecule has 0 saturated heterocycles. The molecule has 4 unspecified atom stereocenters. The number of hydrogen-bond acceptors (Lipinski definition) is 8. The Kier molecular flexibility index (Phi) is 14.5. The van der Waals surface area contributed by atoms with Gasteiger partial charge < -0.3 is 42.7 Å². The average Bonchev–Trinajstić information content (AvgIpc) is 2.86. The van der Waals surface area contributed by atoms with Gasteiger partial charge >= 0.3 is 11.9 Å². The van der Waals surface area contributed by atoms with Crippen LogP contribution in [0.3, 0.4) is 0 Å². The molecule has 0 bridgehead atoms. The van der Waals surface area contributed by atoms with Crippen molar-refractivity contribution in [1.29, 1.82) is 0 Å². The van der Waals surface area contributed by atoms with Gasteiger partial charge in [-0.1, -0.05) is 32.4 Å². The van der Waals surface area contributed by atoms with Gasteiger partial charge in [-0.3, -0.25) is 19.2 Å². The number of unbranched alkanes of at least 4 members (excludes halogenated alkanes) is 1. The number of carboxylic acids is 2. The number of aliphatic carboxylic acids is 2. The van der Waals surface area contributed by atoms with Gasteiger partial charge in [-0.2, -0.15) is 0 Å². The second-order valence-electron chi connectivity index (χ2n) is 9.85. The summed E-state index contributed by atoms with van der Waals surface area (Å²) in [4.78, 5) is 61.8. The van der Waals surface area contributed by atoms with E-state index in [0.29, 0.717) is 31.4 Å². The summed E-state index contributed by atoms with van der Waals surface area (Å²) in [6.07, 6.45) is 0.951. The number of phenolic OH excluding ortho intramolecular Hbond substituents is 1. The van der Waals surface area contributed by atoms with Crippen LogP contribution in [-0.4, -0.2) is 75.7 Å². The van der Waals surface area contributed by atoms with Gasteiger partial charge in [0.05, 0.1) is 6.04 Å². The second kappa shape index (κ2) is 17.0. The number of aromatic hydroxyl groups is 1. The summed E-state index contributed by atoms with van der Waals surface area (Å²) in [5.74, 6) is -4.76. The molecular weight excluding hydrogens is 510 g/mol. The summed E-state index contributed by atoms with van der Waals surface area (Å²) in [5.41, 5.74) is 12.0. The van der Waals surface area contributed by atoms with Gasteiger partial charge in [0.15, 0.2) is 0 Å². The Morgan fingerprint density at radius 2 is 1.38 bits per heavy atom. The SMILES string of the molecule is CC(C)CC(NC(=O)C(CCC(=O)O)NC(=O)C(Cc1ccc(O)cc1)NC(=O)C(N)CCCCN)C(=O)O. The van der Waals surface area contributed by atoms with Crippen molar-refractivity contribution in [2.24, 2.45) is 17.4 Å². The van der Waals surface area contributed by atoms with E-state index in [4.69, 9.17) is 16.6 Å². The van der Waals surface area contributed by atoms with E-state index in [1.807, 2.05) is 0 Å². The van der Waals surface area contributed by atoms with E-state index in [2.05, 4.69) is 16.0 Å². The van der Waals surface area contributed by atoms with Crippen LogP contribution in [0.5, 0.6) is 5.75 Å². The molecule has 13 nitrogen and oxygen atoms in total. The van der Waals surface area contributed by atoms with Gasteiger partial charge in [0.25, 0.3) is 0 Å². The molecule has 4 atom stereocenters. The highest BCUT2D eigenvalue weighted by molar-refractivity contribution is 5.94. The average molecular weight is 552 g/mol. The molecule has 0 spiro atoms. The number of phenols is 1. The van der Waals surface area contributed by atoms with E-state index in [1.165, 1.54) is 12.1 Å². The van der Waals surface area contributed by atoms with Crippen molar-refractivity contribution in [3.63, 3.8) is 0 Å². The first-order valence-electron chi connectivity index (χ1n) is 12.9. The summed E-state index contributed by atoms with van der Waals surface area (Å²) in [6, 6.07) is 1.21. The minimum atomic E-state index is -1.37. The van der Waals surface area contributed by atoms with Gasteiger partial charge in [-0.25, -0.2) is 4.79 Å². The van der Waals surface area contributed by atoms with Gasteiger partial charge in [0, 0.05) is 12.8 Å². The third-order valence-electron chi connectivity index (χ3n) is 5.92. The number of carbonyl (C=O) groups excluding carboxylic acids is 3. The van der Waals surface area contributed by atoms with Gasteiger partial charge in [-0.05, 0) is 55.8 Å². The monoisotopic (exact) mass is 551 g/mol. The number of nitrogens with one attached hydrogen (secondary N) is 3. The highest BCUT2D eigenvalue weighted by atomic mass is 16.4. The van der Waals surface area contributed by atoms with Crippen molar-refractivity contribution >= 4 is 29.7 Å². The zero-order chi connectivity index (χ0) is 29.5. The number of carboxylic acid groups (broad SMARTS) is 2. The first-order valence-corrected chi connectivity index (χ1v) is 12.9. The molecule has 1 aromatic carbocycles. The van der Waals surface area contributed by atoms with E-state index in [0.717, 1.165) is 0 Å². The number of hydrogen-bond donors (Lipinski definition) is 8. The molecule has 0 aliphatic rings. The van der Waals surface area contributed by atoms with Crippen LogP contribution in [0.2, 0.25) is 0 Å². The van der Waals surface area contributed by atoms with Crippen LogP contribution in [0.25, 0.3) is 0 Å². The Labute approximate surface area is 227 Å². The normalized spacial score (nSPS) is 14.1. The lowest BCUT2D eigenvalue weighted by Crippen LogP contribution is -2.57. The molecule has 0 aliphatic carbocycles. The fourth-order valence-electron chi connectivity index (χ4n) is 3.77. The van der Waals surface area contributed by atoms with E-state index in [-0.39, 0.29) is 30.9 Å². The minimum absolute atomic E-state index is 0.00509. The number of rotatable bonds is 18. The Bertz CT molecular complexity index is 970. The van der Waals surface area contributed by atoms with Gasteiger partial charge in [0.1, 0.15) is 23.9 Å². The molecule has 3 amide bonds. The Morgan fingerprint density at radius 1 is 0.821 bits per heavy atom. The summed E-state index contributed by atoms with van der Waals surface area (Å²) in [6.45, 7) is 4.01. The molecule has 0 radical (unpaired) electrons. The molecule has 0 saturated carbocycles. The highest BCUT2D eigenvalue weighted by Crippen LogP contribution is 2.13. The lowest BCUT2D eigenvalue weighted by atomic mass is 10.0. The molecule has 13 heteroatoms. The van der Waals surface area contributed by atoms with Crippen molar-refractivity contribution < 1.29 is 39.3 Å². The number of amides is 3. The number of benzene rings is 1. The highest BCUT2D eigenvalue weighted by Gasteiger charge is 2.31. The summed E-state index contributed by atoms with van der Waals surface area (Å²) in [7, 11) is 0. The van der Waals surface area contributed by atoms with Crippen LogP contribution in [0.15, 0.2) is 24.3 Å². The molecule has 218 valence electrons. The van der Waals surface area contributed by atoms with Crippen molar-refractivity contribution in [3.8, 4) is 5.75 Å². The maximum Gasteiger partial charge on any atom is 0.326 e. The molecule has 0 aliphatic heterocycles. The maximum absolute atomic E-state index is 13.3. The summed E-state index contributed by atoms with van der Waals surface area (Å²) >= 11 is 0. The van der Waals surface area contributed by atoms with Crippen LogP contribution < -0.4 is 27.4 Å². The van der Waals surface area contributed by atoms with Crippen molar-refractivity contribution in [1.82, 2.24) is 16.0 Å². The van der Waals surface area contributed by atoms with E-state index >= 15 is 0 Å². The Morgan fingerprint density at radius 3 is 1.92 bits per heavy atom. The topological polar surface area (TPSA) is 234 Å². The van der Waals surface area contributed by atoms with Crippen LogP contribution in [0.4, 0.5) is 0 Å². The predicted octanol–water partition coefficient (Wildman–Crippen LogP) is -0.159. The molecule has 39 heavy (non-hydrogen) atoms. The molecule has 1 aromatic rings. The quantitative estimate of drug-likeness (QED) is 0.112. The molecule has 10 N–H and O–H groups in total. The number of nitrogens with two attached hydrogens (primary N) is 2. The molecule has 1 rings (SSSR count). The lowest BCUT2D eigenvalue weighted by molar-refractivity contribution is -0.143. The molecule has 0 heterocycles. The zero-order valence-electron chi connectivity index (χ0n) is 22.4. The standard InChI is InChI=1S/C26H41N5O8/c1-15(2)13-21(26(38)39)31-24(36)19(10-11-22(33)34)29-25(37)20(14-16-6-8-17(32)9-7-16)30-23(35)18(28)5-3-4-12-27/h6-9,15,18-21,32H,3-5,10-14,27-28H2,1-2H3,(H,29,37)(H,30,35)(H,31,36)(H,33,34)(H,38,39). The molecule has 0 aromatic heterocycles. The first-order chi connectivity index (χ1) is 18.3. The smallest absolute Gasteiger partial charge is 0.326 e. The Balaban J connectivity index is 3.14. The Hall–Kier alpha value is -3.71. The van der Waals surface area contributed by atoms with Gasteiger partial charge in [-0.15, -0.1) is 0 Å². The zero-order valence-corrected chi connectivity index (χ0v) is 22.4. The molecule has 0 fully saturated rings. The fourth-order valence-corrected chi connectivity index (χ4v) is 3.77. The van der Waals surface area contributed by atoms with Crippen molar-refractivity contribution in [2.75, 3.05) is 6.54 Å². The van der Waals surface area contributed by atoms with Crippen molar-refractivity contribution in [2.45, 2.75) is 83.0 Å². The largest absolute Gasteiger partial charge is 0.508 e. The second-order valence-corrected chi connectivity index (χ2v) is 9.85. The van der Waals surface area contributed by atoms with E-state index in [9.17, 15) is 34.2 Å². The molecular formula is C26H41N5O8. The van der Waals surface area contributed by atoms with E-state index < -0.39 is 60.2 Å².